The fraction of sp³-hybridized carbons (Fsp3) is 0.375. The Kier molecular flexibility index (Phi) is 6.15. The van der Waals surface area contributed by atoms with E-state index in [4.69, 9.17) is 4.74 Å². The Hall–Kier alpha value is -2.79. The number of rotatable bonds is 4. The molecule has 2 aromatic carbocycles. The first-order valence-electron chi connectivity index (χ1n) is 10.4. The van der Waals surface area contributed by atoms with Gasteiger partial charge in [0.1, 0.15) is 6.10 Å². The van der Waals surface area contributed by atoms with Gasteiger partial charge in [0.2, 0.25) is 0 Å². The summed E-state index contributed by atoms with van der Waals surface area (Å²) in [6.45, 7) is 7.25. The van der Waals surface area contributed by atoms with Crippen molar-refractivity contribution in [2.45, 2.75) is 19.6 Å². The van der Waals surface area contributed by atoms with Crippen molar-refractivity contribution in [1.82, 2.24) is 10.2 Å². The van der Waals surface area contributed by atoms with Gasteiger partial charge in [0.25, 0.3) is 0 Å². The third kappa shape index (κ3) is 4.62. The van der Waals surface area contributed by atoms with Gasteiger partial charge in [-0.1, -0.05) is 48.6 Å². The zero-order valence-electron chi connectivity index (χ0n) is 17.3. The lowest BCUT2D eigenvalue weighted by atomic mass is 10.0. The Labute approximate surface area is 173 Å². The van der Waals surface area contributed by atoms with E-state index in [1.807, 2.05) is 7.05 Å². The van der Waals surface area contributed by atoms with E-state index in [-0.39, 0.29) is 6.10 Å². The molecule has 2 aliphatic heterocycles. The number of nitrogens with one attached hydrogen (secondary N) is 1. The lowest BCUT2D eigenvalue weighted by molar-refractivity contribution is -0.00833. The molecular formula is C24H30N4O. The number of hydrogen-bond acceptors (Lipinski definition) is 3. The maximum absolute atomic E-state index is 6.07. The fourth-order valence-electron chi connectivity index (χ4n) is 4.04. The highest BCUT2D eigenvalue weighted by atomic mass is 16.5. The Bertz CT molecular complexity index is 884. The standard InChI is InChI=1S/C24H30N4O/c1-19-8-3-4-11-22(19)23-18-28(14-15-29-23)24(25-2)26-17-20-9-7-10-21(16-20)27-12-5-6-13-27/h3-11,16,23H,12-15,17-18H2,1-2H3,(H,25,26). The van der Waals surface area contributed by atoms with Crippen LogP contribution in [0.5, 0.6) is 0 Å². The molecule has 4 rings (SSSR count). The maximum atomic E-state index is 6.07. The van der Waals surface area contributed by atoms with Crippen molar-refractivity contribution < 1.29 is 4.74 Å². The first-order chi connectivity index (χ1) is 14.2. The number of benzene rings is 2. The van der Waals surface area contributed by atoms with Gasteiger partial charge >= 0.3 is 0 Å². The average Bonchev–Trinajstić information content (AvgIpc) is 3.30. The van der Waals surface area contributed by atoms with Crippen LogP contribution in [0.2, 0.25) is 0 Å². The van der Waals surface area contributed by atoms with Crippen LogP contribution in [-0.2, 0) is 11.3 Å². The summed E-state index contributed by atoms with van der Waals surface area (Å²) in [7, 11) is 1.85. The number of guanidine groups is 1. The van der Waals surface area contributed by atoms with Crippen LogP contribution in [0.1, 0.15) is 22.8 Å². The molecule has 152 valence electrons. The number of hydrogen-bond donors (Lipinski definition) is 1. The summed E-state index contributed by atoms with van der Waals surface area (Å²) in [6.07, 6.45) is 4.51. The van der Waals surface area contributed by atoms with E-state index in [1.54, 1.807) is 0 Å². The van der Waals surface area contributed by atoms with E-state index < -0.39 is 0 Å². The Morgan fingerprint density at radius 1 is 1.14 bits per heavy atom. The predicted molar refractivity (Wildman–Crippen MR) is 119 cm³/mol. The van der Waals surface area contributed by atoms with Crippen LogP contribution in [0, 0.1) is 6.92 Å². The second kappa shape index (κ2) is 9.14. The summed E-state index contributed by atoms with van der Waals surface area (Å²) in [5.74, 6) is 0.931. The molecule has 1 fully saturated rings. The lowest BCUT2D eigenvalue weighted by Gasteiger charge is -2.35. The molecular weight excluding hydrogens is 360 g/mol. The molecule has 1 atom stereocenters. The molecule has 2 aromatic rings. The van der Waals surface area contributed by atoms with Gasteiger partial charge < -0.3 is 19.9 Å². The first kappa shape index (κ1) is 19.5. The number of aliphatic imine (C=N–C) groups is 1. The Morgan fingerprint density at radius 2 is 1.97 bits per heavy atom. The molecule has 0 bridgehead atoms. The van der Waals surface area contributed by atoms with Crippen LogP contribution >= 0.6 is 0 Å². The quantitative estimate of drug-likeness (QED) is 0.493. The molecule has 0 saturated carbocycles. The van der Waals surface area contributed by atoms with Gasteiger partial charge in [-0.2, -0.15) is 0 Å². The highest BCUT2D eigenvalue weighted by Gasteiger charge is 2.25. The van der Waals surface area contributed by atoms with Crippen molar-refractivity contribution in [1.29, 1.82) is 0 Å². The van der Waals surface area contributed by atoms with E-state index in [0.717, 1.165) is 38.7 Å². The topological polar surface area (TPSA) is 40.1 Å². The summed E-state index contributed by atoms with van der Waals surface area (Å²) >= 11 is 0. The van der Waals surface area contributed by atoms with Gasteiger partial charge in [0.15, 0.2) is 5.96 Å². The third-order valence-corrected chi connectivity index (χ3v) is 5.66. The third-order valence-electron chi connectivity index (χ3n) is 5.66. The number of morpholine rings is 1. The highest BCUT2D eigenvalue weighted by molar-refractivity contribution is 5.80. The van der Waals surface area contributed by atoms with Gasteiger partial charge in [0, 0.05) is 38.9 Å². The van der Waals surface area contributed by atoms with Crippen molar-refractivity contribution >= 4 is 11.6 Å². The molecule has 0 spiro atoms. The zero-order valence-corrected chi connectivity index (χ0v) is 17.3. The van der Waals surface area contributed by atoms with Crippen molar-refractivity contribution in [3.05, 3.63) is 77.4 Å². The molecule has 0 aliphatic carbocycles. The van der Waals surface area contributed by atoms with E-state index in [9.17, 15) is 0 Å². The van der Waals surface area contributed by atoms with Gasteiger partial charge in [-0.3, -0.25) is 4.99 Å². The van der Waals surface area contributed by atoms with Crippen molar-refractivity contribution in [2.24, 2.45) is 4.99 Å². The molecule has 5 heteroatoms. The minimum absolute atomic E-state index is 0.0782. The van der Waals surface area contributed by atoms with Crippen LogP contribution in [0.15, 0.2) is 65.7 Å². The molecule has 0 amide bonds. The number of ether oxygens (including phenoxy) is 1. The first-order valence-corrected chi connectivity index (χ1v) is 10.4. The highest BCUT2D eigenvalue weighted by Crippen LogP contribution is 2.25. The Balaban J connectivity index is 1.39. The summed E-state index contributed by atoms with van der Waals surface area (Å²) in [5, 5.41) is 3.55. The van der Waals surface area contributed by atoms with Crippen molar-refractivity contribution in [2.75, 3.05) is 44.7 Å². The van der Waals surface area contributed by atoms with E-state index in [2.05, 4.69) is 87.7 Å². The summed E-state index contributed by atoms with van der Waals surface area (Å²) in [4.78, 5) is 9.20. The largest absolute Gasteiger partial charge is 0.370 e. The van der Waals surface area contributed by atoms with Gasteiger partial charge in [0.05, 0.1) is 13.2 Å². The molecule has 2 heterocycles. The minimum atomic E-state index is 0.0782. The minimum Gasteiger partial charge on any atom is -0.370 e. The number of aryl methyl sites for hydroxylation is 1. The molecule has 0 radical (unpaired) electrons. The normalized spacial score (nSPS) is 19.7. The van der Waals surface area contributed by atoms with Crippen LogP contribution in [0.25, 0.3) is 0 Å². The van der Waals surface area contributed by atoms with Gasteiger partial charge in [-0.25, -0.2) is 0 Å². The van der Waals surface area contributed by atoms with Crippen molar-refractivity contribution in [3.8, 4) is 0 Å². The molecule has 0 aromatic heterocycles. The number of nitrogens with zero attached hydrogens (tertiary/aromatic N) is 3. The van der Waals surface area contributed by atoms with E-state index >= 15 is 0 Å². The summed E-state index contributed by atoms with van der Waals surface area (Å²) in [5.41, 5.74) is 5.07. The van der Waals surface area contributed by atoms with Crippen LogP contribution in [-0.4, -0.2) is 50.7 Å². The second-order valence-electron chi connectivity index (χ2n) is 7.61. The van der Waals surface area contributed by atoms with E-state index in [1.165, 1.54) is 22.4 Å². The fourth-order valence-corrected chi connectivity index (χ4v) is 4.04. The maximum Gasteiger partial charge on any atom is 0.194 e. The van der Waals surface area contributed by atoms with Crippen LogP contribution < -0.4 is 10.2 Å². The van der Waals surface area contributed by atoms with Crippen LogP contribution in [0.4, 0.5) is 5.69 Å². The van der Waals surface area contributed by atoms with Gasteiger partial charge in [-0.05, 0) is 35.7 Å². The smallest absolute Gasteiger partial charge is 0.194 e. The molecule has 2 aliphatic rings. The van der Waals surface area contributed by atoms with Crippen molar-refractivity contribution in [3.63, 3.8) is 0 Å². The summed E-state index contributed by atoms with van der Waals surface area (Å²) < 4.78 is 6.07. The predicted octanol–water partition coefficient (Wildman–Crippen LogP) is 3.52. The van der Waals surface area contributed by atoms with Crippen LogP contribution in [0.3, 0.4) is 0 Å². The summed E-state index contributed by atoms with van der Waals surface area (Å²) in [6, 6.07) is 17.2. The molecule has 1 saturated heterocycles. The SMILES string of the molecule is CN=C(NCc1cccc(N2CC=CC2)c1)N1CCOC(c2ccccc2C)C1. The molecule has 29 heavy (non-hydrogen) atoms. The molecule has 1 unspecified atom stereocenters. The zero-order chi connectivity index (χ0) is 20.1. The second-order valence-corrected chi connectivity index (χ2v) is 7.61. The van der Waals surface area contributed by atoms with Gasteiger partial charge in [-0.15, -0.1) is 0 Å². The monoisotopic (exact) mass is 390 g/mol. The number of anilines is 1. The van der Waals surface area contributed by atoms with E-state index in [0.29, 0.717) is 6.61 Å². The Morgan fingerprint density at radius 3 is 2.76 bits per heavy atom. The lowest BCUT2D eigenvalue weighted by Crippen LogP contribution is -2.48. The molecule has 1 N–H and O–H groups in total. The average molecular weight is 391 g/mol. The molecule has 5 nitrogen and oxygen atoms in total.